The number of sulfone groups is 1. The van der Waals surface area contributed by atoms with Gasteiger partial charge in [0.2, 0.25) is 13.2 Å². The van der Waals surface area contributed by atoms with Gasteiger partial charge < -0.3 is 14.5 Å². The second-order valence-corrected chi connectivity index (χ2v) is 23.5. The van der Waals surface area contributed by atoms with Crippen LogP contribution in [0.25, 0.3) is 0 Å². The van der Waals surface area contributed by atoms with Crippen LogP contribution in [-0.4, -0.2) is 102 Å². The van der Waals surface area contributed by atoms with Crippen LogP contribution < -0.4 is 0 Å². The maximum absolute atomic E-state index is 11.0. The lowest BCUT2D eigenvalue weighted by molar-refractivity contribution is -0.118. The van der Waals surface area contributed by atoms with Crippen LogP contribution in [0.4, 0.5) is 0 Å². The summed E-state index contributed by atoms with van der Waals surface area (Å²) in [6, 6.07) is 0. The summed E-state index contributed by atoms with van der Waals surface area (Å²) in [5.41, 5.74) is -0.194. The molecule has 384 valence electrons. The highest BCUT2D eigenvalue weighted by Crippen LogP contribution is 2.46. The molecule has 0 saturated heterocycles. The average Bonchev–Trinajstić information content (AvgIpc) is 3.23. The molecule has 15 heteroatoms. The summed E-state index contributed by atoms with van der Waals surface area (Å²) in [5.74, 6) is 4.14. The van der Waals surface area contributed by atoms with Crippen LogP contribution in [0.2, 0.25) is 0 Å². The van der Waals surface area contributed by atoms with Gasteiger partial charge in [0, 0.05) is 70.4 Å². The van der Waals surface area contributed by atoms with Crippen molar-refractivity contribution in [3.63, 3.8) is 0 Å². The average molecular weight is 990 g/mol. The standard InChI is InChI=1S/C9H17NO.C8H14O2.C7H12O.C6H10O.C6H8O.C5H11O2P.C5H10O2S.C5H10OS/c1-8(2)9(11)6-5-7-10(3)4;1-7(2)8(9)5-4-6-10-3;1-4-5-7(8)6(2)3;2*1-4-6(7)5(2)3;2*1-4-8(6,7)5(2)3;1-4-7(6)5(2)3/h5-6,8H,7H2,1-4H3;4-5,7H,6H2,1-3H3;4-6H,1-3H3;4-5H,1H2,2-3H3;1,5H,2-3H3;4-5H,1H2,2-3H3,(H,6,7);4-5H,1H2,2-3H3;4-5H,1H2,2-3H3/b6-5+;2*5-4+;;;;;. The lowest BCUT2D eigenvalue weighted by Crippen LogP contribution is -2.11. The molecule has 0 radical (unpaired) electrons. The van der Waals surface area contributed by atoms with Crippen LogP contribution in [0.5, 0.6) is 0 Å². The predicted octanol–water partition coefficient (Wildman–Crippen LogP) is 10.8. The minimum atomic E-state index is -2.98. The number of likely N-dealkylation sites (N-methyl/N-ethyl adjacent to an activating group) is 1. The summed E-state index contributed by atoms with van der Waals surface area (Å²) in [6.45, 7) is 45.4. The van der Waals surface area contributed by atoms with Crippen LogP contribution in [0.3, 0.4) is 0 Å². The zero-order valence-electron chi connectivity index (χ0n) is 44.5. The molecule has 0 fully saturated rings. The molecular weight excluding hydrogens is 898 g/mol. The highest BCUT2D eigenvalue weighted by molar-refractivity contribution is 7.94. The Kier molecular flexibility index (Phi) is 59.2. The minimum Gasteiger partial charge on any atom is -0.381 e. The first-order valence-electron chi connectivity index (χ1n) is 21.7. The molecule has 0 saturated carbocycles. The molecule has 0 amide bonds. The Balaban J connectivity index is -0.0000000976. The lowest BCUT2D eigenvalue weighted by atomic mass is 10.1. The molecule has 0 aromatic rings. The molecule has 0 spiro atoms. The fraction of sp³-hybridized carbons (Fsp3) is 0.588. The van der Waals surface area contributed by atoms with Crippen molar-refractivity contribution in [1.82, 2.24) is 4.90 Å². The van der Waals surface area contributed by atoms with E-state index in [-0.39, 0.29) is 74.7 Å². The van der Waals surface area contributed by atoms with Crippen molar-refractivity contribution < 1.29 is 50.8 Å². The van der Waals surface area contributed by atoms with Crippen molar-refractivity contribution in [2.24, 2.45) is 29.6 Å². The topological polar surface area (TPSA) is 186 Å². The van der Waals surface area contributed by atoms with Crippen molar-refractivity contribution in [3.8, 4) is 12.3 Å². The maximum Gasteiger partial charge on any atom is 0.224 e. The summed E-state index contributed by atoms with van der Waals surface area (Å²) in [6.07, 6.45) is 16.3. The molecule has 12 nitrogen and oxygen atoms in total. The number of hydrogen-bond acceptors (Lipinski definition) is 11. The lowest BCUT2D eigenvalue weighted by Gasteiger charge is -2.07. The van der Waals surface area contributed by atoms with Crippen molar-refractivity contribution in [3.05, 3.63) is 85.5 Å². The Labute approximate surface area is 406 Å². The molecule has 1 N–H and O–H groups in total. The summed E-state index contributed by atoms with van der Waals surface area (Å²) in [5, 5.41) is 2.33. The normalized spacial score (nSPS) is 12.0. The minimum absolute atomic E-state index is 0.00926. The summed E-state index contributed by atoms with van der Waals surface area (Å²) >= 11 is 0. The third-order valence-electron chi connectivity index (χ3n) is 7.29. The highest BCUT2D eigenvalue weighted by Gasteiger charge is 2.17. The molecule has 2 unspecified atom stereocenters. The van der Waals surface area contributed by atoms with E-state index in [2.05, 4.69) is 26.3 Å². The van der Waals surface area contributed by atoms with E-state index in [9.17, 15) is 41.2 Å². The van der Waals surface area contributed by atoms with Gasteiger partial charge in [-0.2, -0.15) is 0 Å². The van der Waals surface area contributed by atoms with E-state index in [1.807, 2.05) is 107 Å². The SMILES string of the molecule is C#CC(=O)C(C)C.C/C=C/C(=O)C(C)C.C=CC(=O)C(C)C.C=CP(=O)(O)C(C)C.C=CS(=O)(=O)C(C)C.C=CS(=O)C(C)C.CC(C)C(=O)/C=C/CN(C)C.COC/C=C/C(=O)C(C)C. The zero-order valence-corrected chi connectivity index (χ0v) is 47.0. The van der Waals surface area contributed by atoms with Crippen molar-refractivity contribution >= 4 is 56.9 Å². The van der Waals surface area contributed by atoms with Crippen LogP contribution >= 0.6 is 7.37 Å². The van der Waals surface area contributed by atoms with E-state index in [1.165, 1.54) is 11.5 Å². The fourth-order valence-corrected chi connectivity index (χ4v) is 3.57. The number of Topliss-reactive ketones (excluding diaryl/α,β-unsaturated/α-hetero) is 1. The number of carbonyl (C=O) groups is 5. The molecule has 0 aromatic carbocycles. The van der Waals surface area contributed by atoms with E-state index in [0.29, 0.717) is 6.61 Å². The van der Waals surface area contributed by atoms with Gasteiger partial charge in [0.1, 0.15) is 0 Å². The van der Waals surface area contributed by atoms with Crippen LogP contribution in [0, 0.1) is 41.9 Å². The molecule has 0 heterocycles. The summed E-state index contributed by atoms with van der Waals surface area (Å²) < 4.78 is 47.1. The van der Waals surface area contributed by atoms with Crippen LogP contribution in [-0.2, 0) is 53.9 Å². The van der Waals surface area contributed by atoms with Crippen molar-refractivity contribution in [1.29, 1.82) is 0 Å². The van der Waals surface area contributed by atoms with Gasteiger partial charge in [0.25, 0.3) is 0 Å². The first kappa shape index (κ1) is 79.4. The first-order chi connectivity index (χ1) is 29.9. The molecule has 0 aliphatic carbocycles. The van der Waals surface area contributed by atoms with E-state index < -0.39 is 28.0 Å². The maximum atomic E-state index is 11.0. The third-order valence-corrected chi connectivity index (χ3v) is 12.3. The number of nitrogens with zero attached hydrogens (tertiary/aromatic N) is 1. The second-order valence-electron chi connectivity index (χ2n) is 16.4. The molecule has 0 rings (SSSR count). The Morgan fingerprint density at radius 3 is 1.21 bits per heavy atom. The zero-order chi connectivity index (χ0) is 54.6. The number of methoxy groups -OCH3 is 1. The van der Waals surface area contributed by atoms with Gasteiger partial charge in [0.15, 0.2) is 33.0 Å². The molecule has 0 aromatic heterocycles. The van der Waals surface area contributed by atoms with Crippen LogP contribution in [0.15, 0.2) is 85.5 Å². The number of hydrogen-bond donors (Lipinski definition) is 1. The van der Waals surface area contributed by atoms with Crippen LogP contribution in [0.1, 0.15) is 118 Å². The van der Waals surface area contributed by atoms with E-state index >= 15 is 0 Å². The molecule has 2 atom stereocenters. The number of terminal acetylenes is 1. The number of ether oxygens (including phenoxy) is 1. The van der Waals surface area contributed by atoms with E-state index in [1.54, 1.807) is 79.0 Å². The fourth-order valence-electron chi connectivity index (χ4n) is 2.38. The number of carbonyl (C=O) groups excluding carboxylic acids is 5. The van der Waals surface area contributed by atoms with Gasteiger partial charge >= 0.3 is 0 Å². The van der Waals surface area contributed by atoms with Crippen molar-refractivity contribution in [2.75, 3.05) is 34.4 Å². The molecule has 0 bridgehead atoms. The predicted molar refractivity (Wildman–Crippen MR) is 285 cm³/mol. The molecule has 66 heavy (non-hydrogen) atoms. The van der Waals surface area contributed by atoms with Crippen molar-refractivity contribution in [2.45, 2.75) is 134 Å². The Bertz CT molecular complexity index is 1670. The third kappa shape index (κ3) is 62.4. The second kappa shape index (κ2) is 49.2. The summed E-state index contributed by atoms with van der Waals surface area (Å²) in [7, 11) is -1.21. The van der Waals surface area contributed by atoms with Gasteiger partial charge in [-0.15, -0.1) is 6.42 Å². The smallest absolute Gasteiger partial charge is 0.224 e. The Morgan fingerprint density at radius 1 is 0.712 bits per heavy atom. The van der Waals surface area contributed by atoms with Gasteiger partial charge in [0.05, 0.1) is 11.9 Å². The highest BCUT2D eigenvalue weighted by atomic mass is 32.2. The monoisotopic (exact) mass is 990 g/mol. The summed E-state index contributed by atoms with van der Waals surface area (Å²) in [4.78, 5) is 64.1. The molecule has 0 aliphatic heterocycles. The Hall–Kier alpha value is -3.70. The van der Waals surface area contributed by atoms with E-state index in [4.69, 9.17) is 16.1 Å². The van der Waals surface area contributed by atoms with E-state index in [0.717, 1.165) is 17.8 Å². The van der Waals surface area contributed by atoms with Gasteiger partial charge in [-0.25, -0.2) is 8.42 Å². The molecular formula is C51H92NO11PS2. The van der Waals surface area contributed by atoms with Gasteiger partial charge in [-0.05, 0) is 76.3 Å². The quantitative estimate of drug-likeness (QED) is 0.0559. The number of rotatable bonds is 19. The number of ketones is 5. The molecule has 0 aliphatic rings. The van der Waals surface area contributed by atoms with Gasteiger partial charge in [-0.3, -0.25) is 32.7 Å². The van der Waals surface area contributed by atoms with Gasteiger partial charge in [-0.1, -0.05) is 141 Å². The first-order valence-corrected chi connectivity index (χ1v) is 26.4. The number of allylic oxidation sites excluding steroid dienone is 5. The Morgan fingerprint density at radius 2 is 1.09 bits per heavy atom. The largest absolute Gasteiger partial charge is 0.381 e.